The normalized spacial score (nSPS) is 12.9. The van der Waals surface area contributed by atoms with Crippen LogP contribution in [-0.2, 0) is 4.79 Å². The molecule has 0 saturated carbocycles. The van der Waals surface area contributed by atoms with Gasteiger partial charge in [0.2, 0.25) is 0 Å². The van der Waals surface area contributed by atoms with Crippen molar-refractivity contribution >= 4 is 5.78 Å². The van der Waals surface area contributed by atoms with Crippen molar-refractivity contribution in [1.82, 2.24) is 5.32 Å². The highest BCUT2D eigenvalue weighted by Crippen LogP contribution is 2.06. The molecule has 0 rings (SSSR count). The van der Waals surface area contributed by atoms with Crippen molar-refractivity contribution in [3.05, 3.63) is 11.8 Å². The van der Waals surface area contributed by atoms with E-state index in [1.165, 1.54) is 0 Å². The third-order valence-electron chi connectivity index (χ3n) is 1.29. The van der Waals surface area contributed by atoms with Crippen LogP contribution >= 0.6 is 0 Å². The van der Waals surface area contributed by atoms with Crippen LogP contribution in [0.4, 0.5) is 0 Å². The molecule has 2 nitrogen and oxygen atoms in total. The summed E-state index contributed by atoms with van der Waals surface area (Å²) in [6.07, 6.45) is 2.53. The fourth-order valence-corrected chi connectivity index (χ4v) is 0.954. The van der Waals surface area contributed by atoms with E-state index in [-0.39, 0.29) is 11.3 Å². The molecule has 0 atom stereocenters. The summed E-state index contributed by atoms with van der Waals surface area (Å²) in [5.41, 5.74) is 1.05. The number of hydrogen-bond acceptors (Lipinski definition) is 2. The average Bonchev–Trinajstić information content (AvgIpc) is 1.82. The summed E-state index contributed by atoms with van der Waals surface area (Å²) in [6.45, 7) is 9.84. The Bertz CT molecular complexity index is 187. The van der Waals surface area contributed by atoms with Crippen molar-refractivity contribution in [3.63, 3.8) is 0 Å². The first-order valence-electron chi connectivity index (χ1n) is 4.34. The Morgan fingerprint density at radius 3 is 2.17 bits per heavy atom. The minimum Gasteiger partial charge on any atom is -0.384 e. The van der Waals surface area contributed by atoms with Crippen molar-refractivity contribution in [2.45, 2.75) is 46.6 Å². The molecule has 0 aliphatic carbocycles. The zero-order valence-corrected chi connectivity index (χ0v) is 8.69. The van der Waals surface area contributed by atoms with Gasteiger partial charge >= 0.3 is 0 Å². The van der Waals surface area contributed by atoms with Crippen molar-refractivity contribution in [2.75, 3.05) is 0 Å². The lowest BCUT2D eigenvalue weighted by Crippen LogP contribution is -2.35. The third-order valence-corrected chi connectivity index (χ3v) is 1.29. The van der Waals surface area contributed by atoms with Gasteiger partial charge in [0.05, 0.1) is 0 Å². The zero-order valence-electron chi connectivity index (χ0n) is 8.69. The highest BCUT2D eigenvalue weighted by molar-refractivity contribution is 5.87. The quantitative estimate of drug-likeness (QED) is 0.656. The average molecular weight is 169 g/mol. The van der Waals surface area contributed by atoms with E-state index < -0.39 is 0 Å². The van der Waals surface area contributed by atoms with Gasteiger partial charge in [0, 0.05) is 11.2 Å². The maximum Gasteiger partial charge on any atom is 0.154 e. The highest BCUT2D eigenvalue weighted by atomic mass is 16.1. The van der Waals surface area contributed by atoms with Crippen molar-refractivity contribution in [1.29, 1.82) is 0 Å². The van der Waals surface area contributed by atoms with Crippen molar-refractivity contribution in [2.24, 2.45) is 0 Å². The van der Waals surface area contributed by atoms with Crippen molar-refractivity contribution in [3.8, 4) is 0 Å². The standard InChI is InChI=1S/C10H19NO/c1-6-9(7-8(2)12)11-10(3,4)5/h7,11H,6H2,1-5H3. The Kier molecular flexibility index (Phi) is 4.01. The molecule has 0 aromatic carbocycles. The molecule has 0 amide bonds. The van der Waals surface area contributed by atoms with Crippen LogP contribution in [0.5, 0.6) is 0 Å². The summed E-state index contributed by atoms with van der Waals surface area (Å²) in [5, 5.41) is 3.28. The number of rotatable bonds is 3. The fraction of sp³-hybridized carbons (Fsp3) is 0.700. The summed E-state index contributed by atoms with van der Waals surface area (Å²) < 4.78 is 0. The van der Waals surface area contributed by atoms with Crippen LogP contribution in [0.2, 0.25) is 0 Å². The number of ketones is 1. The molecule has 0 radical (unpaired) electrons. The molecule has 1 N–H and O–H groups in total. The molecule has 0 unspecified atom stereocenters. The van der Waals surface area contributed by atoms with Crippen LogP contribution in [0.1, 0.15) is 41.0 Å². The van der Waals surface area contributed by atoms with E-state index in [9.17, 15) is 4.79 Å². The Balaban J connectivity index is 4.28. The molecule has 0 heterocycles. The second-order valence-corrected chi connectivity index (χ2v) is 4.01. The fourth-order valence-electron chi connectivity index (χ4n) is 0.954. The van der Waals surface area contributed by atoms with E-state index in [2.05, 4.69) is 26.1 Å². The lowest BCUT2D eigenvalue weighted by Gasteiger charge is -2.23. The summed E-state index contributed by atoms with van der Waals surface area (Å²) in [5.74, 6) is 0.101. The van der Waals surface area contributed by atoms with Gasteiger partial charge < -0.3 is 5.32 Å². The van der Waals surface area contributed by atoms with Gasteiger partial charge in [-0.3, -0.25) is 4.79 Å². The molecule has 0 fully saturated rings. The van der Waals surface area contributed by atoms with Gasteiger partial charge in [0.1, 0.15) is 0 Å². The molecule has 0 aliphatic rings. The number of nitrogens with one attached hydrogen (secondary N) is 1. The summed E-state index contributed by atoms with van der Waals surface area (Å²) >= 11 is 0. The highest BCUT2D eigenvalue weighted by Gasteiger charge is 2.09. The minimum atomic E-state index is 0.0390. The van der Waals surface area contributed by atoms with E-state index in [0.717, 1.165) is 12.1 Å². The van der Waals surface area contributed by atoms with Gasteiger partial charge in [-0.2, -0.15) is 0 Å². The molecule has 0 aromatic rings. The van der Waals surface area contributed by atoms with Crippen LogP contribution in [-0.4, -0.2) is 11.3 Å². The lowest BCUT2D eigenvalue weighted by atomic mass is 10.1. The molecule has 0 saturated heterocycles. The first-order valence-corrected chi connectivity index (χ1v) is 4.34. The molecular weight excluding hydrogens is 150 g/mol. The number of carbonyl (C=O) groups is 1. The van der Waals surface area contributed by atoms with E-state index in [4.69, 9.17) is 0 Å². The Hall–Kier alpha value is -0.790. The predicted octanol–water partition coefficient (Wildman–Crippen LogP) is 2.26. The van der Waals surface area contributed by atoms with Gasteiger partial charge in [-0.05, 0) is 40.2 Å². The lowest BCUT2D eigenvalue weighted by molar-refractivity contribution is -0.112. The molecule has 0 spiro atoms. The van der Waals surface area contributed by atoms with Gasteiger partial charge in [-0.25, -0.2) is 0 Å². The molecule has 0 bridgehead atoms. The number of allylic oxidation sites excluding steroid dienone is 2. The summed E-state index contributed by atoms with van der Waals surface area (Å²) in [4.78, 5) is 10.8. The van der Waals surface area contributed by atoms with E-state index in [1.807, 2.05) is 6.92 Å². The van der Waals surface area contributed by atoms with Gasteiger partial charge in [-0.1, -0.05) is 6.92 Å². The SMILES string of the molecule is CCC(=CC(C)=O)NC(C)(C)C. The first-order chi connectivity index (χ1) is 5.35. The predicted molar refractivity (Wildman–Crippen MR) is 51.9 cm³/mol. The largest absolute Gasteiger partial charge is 0.384 e. The van der Waals surface area contributed by atoms with Crippen LogP contribution in [0, 0.1) is 0 Å². The first kappa shape index (κ1) is 11.2. The Morgan fingerprint density at radius 2 is 1.92 bits per heavy atom. The molecule has 0 aromatic heterocycles. The summed E-state index contributed by atoms with van der Waals surface area (Å²) in [6, 6.07) is 0. The van der Waals surface area contributed by atoms with Gasteiger partial charge in [0.25, 0.3) is 0 Å². The summed E-state index contributed by atoms with van der Waals surface area (Å²) in [7, 11) is 0. The van der Waals surface area contributed by atoms with Crippen LogP contribution in [0.3, 0.4) is 0 Å². The molecule has 0 aliphatic heterocycles. The molecule has 70 valence electrons. The molecule has 12 heavy (non-hydrogen) atoms. The van der Waals surface area contributed by atoms with Gasteiger partial charge in [0.15, 0.2) is 5.78 Å². The molecule has 2 heteroatoms. The second-order valence-electron chi connectivity index (χ2n) is 4.01. The van der Waals surface area contributed by atoms with Crippen LogP contribution in [0.15, 0.2) is 11.8 Å². The Labute approximate surface area is 75.0 Å². The number of hydrogen-bond donors (Lipinski definition) is 1. The monoisotopic (exact) mass is 169 g/mol. The van der Waals surface area contributed by atoms with E-state index in [0.29, 0.717) is 0 Å². The zero-order chi connectivity index (χ0) is 9.78. The third kappa shape index (κ3) is 5.96. The Morgan fingerprint density at radius 1 is 1.42 bits per heavy atom. The van der Waals surface area contributed by atoms with Crippen molar-refractivity contribution < 1.29 is 4.79 Å². The van der Waals surface area contributed by atoms with Crippen LogP contribution in [0.25, 0.3) is 0 Å². The minimum absolute atomic E-state index is 0.0390. The van der Waals surface area contributed by atoms with Gasteiger partial charge in [-0.15, -0.1) is 0 Å². The van der Waals surface area contributed by atoms with E-state index >= 15 is 0 Å². The smallest absolute Gasteiger partial charge is 0.154 e. The maximum absolute atomic E-state index is 10.8. The maximum atomic E-state index is 10.8. The molecular formula is C10H19NO. The topological polar surface area (TPSA) is 29.1 Å². The number of carbonyl (C=O) groups excluding carboxylic acids is 1. The van der Waals surface area contributed by atoms with E-state index in [1.54, 1.807) is 13.0 Å². The second kappa shape index (κ2) is 4.29. The van der Waals surface area contributed by atoms with Crippen LogP contribution < -0.4 is 5.32 Å².